The maximum absolute atomic E-state index is 12.8. The van der Waals surface area contributed by atoms with Crippen LogP contribution in [0.2, 0.25) is 5.02 Å². The lowest BCUT2D eigenvalue weighted by Crippen LogP contribution is -2.23. The van der Waals surface area contributed by atoms with Crippen LogP contribution in [0.5, 0.6) is 5.75 Å². The molecule has 1 N–H and O–H groups in total. The largest absolute Gasteiger partial charge is 0.492 e. The SMILES string of the molecule is CCOc1ccc(S(=O)(=O)NCc2ccc(F)cc2)cc1Cl. The Bertz CT molecular complexity index is 748. The molecule has 0 spiro atoms. The van der Waals surface area contributed by atoms with Gasteiger partial charge >= 0.3 is 0 Å². The molecule has 0 saturated carbocycles. The molecule has 0 aliphatic heterocycles. The van der Waals surface area contributed by atoms with Gasteiger partial charge in [0.25, 0.3) is 0 Å². The van der Waals surface area contributed by atoms with Crippen LogP contribution in [0.4, 0.5) is 4.39 Å². The lowest BCUT2D eigenvalue weighted by molar-refractivity contribution is 0.340. The van der Waals surface area contributed by atoms with Crippen molar-refractivity contribution in [2.75, 3.05) is 6.61 Å². The monoisotopic (exact) mass is 343 g/mol. The van der Waals surface area contributed by atoms with Crippen molar-refractivity contribution in [3.63, 3.8) is 0 Å². The second-order valence-corrected chi connectivity index (χ2v) is 6.65. The fourth-order valence-corrected chi connectivity index (χ4v) is 3.13. The van der Waals surface area contributed by atoms with E-state index in [4.69, 9.17) is 16.3 Å². The Hall–Kier alpha value is -1.63. The molecule has 0 aliphatic carbocycles. The summed E-state index contributed by atoms with van der Waals surface area (Å²) in [5.41, 5.74) is 0.655. The highest BCUT2D eigenvalue weighted by molar-refractivity contribution is 7.89. The highest BCUT2D eigenvalue weighted by atomic mass is 35.5. The van der Waals surface area contributed by atoms with Crippen molar-refractivity contribution in [3.8, 4) is 5.75 Å². The molecular formula is C15H15ClFNO3S. The zero-order valence-electron chi connectivity index (χ0n) is 11.8. The summed E-state index contributed by atoms with van der Waals surface area (Å²) in [4.78, 5) is 0.0445. The van der Waals surface area contributed by atoms with E-state index in [0.29, 0.717) is 17.9 Å². The standard InChI is InChI=1S/C15H15ClFNO3S/c1-2-21-15-8-7-13(9-14(15)16)22(19,20)18-10-11-3-5-12(17)6-4-11/h3-9,18H,2,10H2,1H3. The van der Waals surface area contributed by atoms with Crippen molar-refractivity contribution in [3.05, 3.63) is 58.9 Å². The van der Waals surface area contributed by atoms with Crippen LogP contribution in [0.25, 0.3) is 0 Å². The molecule has 0 amide bonds. The Morgan fingerprint density at radius 3 is 2.45 bits per heavy atom. The number of benzene rings is 2. The van der Waals surface area contributed by atoms with E-state index < -0.39 is 10.0 Å². The topological polar surface area (TPSA) is 55.4 Å². The van der Waals surface area contributed by atoms with Crippen LogP contribution in [0.15, 0.2) is 47.4 Å². The molecule has 0 bridgehead atoms. The van der Waals surface area contributed by atoms with Crippen molar-refractivity contribution < 1.29 is 17.5 Å². The first-order chi connectivity index (χ1) is 10.4. The van der Waals surface area contributed by atoms with Crippen LogP contribution in [-0.2, 0) is 16.6 Å². The van der Waals surface area contributed by atoms with E-state index in [9.17, 15) is 12.8 Å². The molecular weight excluding hydrogens is 329 g/mol. The zero-order chi connectivity index (χ0) is 16.2. The molecule has 118 valence electrons. The maximum Gasteiger partial charge on any atom is 0.240 e. The highest BCUT2D eigenvalue weighted by Gasteiger charge is 2.16. The molecule has 2 aromatic rings. The van der Waals surface area contributed by atoms with Gasteiger partial charge in [-0.25, -0.2) is 17.5 Å². The summed E-state index contributed by atoms with van der Waals surface area (Å²) in [7, 11) is -3.71. The van der Waals surface area contributed by atoms with Crippen LogP contribution in [0.3, 0.4) is 0 Å². The minimum atomic E-state index is -3.71. The van der Waals surface area contributed by atoms with E-state index in [0.717, 1.165) is 0 Å². The highest BCUT2D eigenvalue weighted by Crippen LogP contribution is 2.27. The summed E-state index contributed by atoms with van der Waals surface area (Å²) >= 11 is 5.99. The minimum Gasteiger partial charge on any atom is -0.492 e. The first-order valence-corrected chi connectivity index (χ1v) is 8.45. The third kappa shape index (κ3) is 4.19. The van der Waals surface area contributed by atoms with Gasteiger partial charge < -0.3 is 4.74 Å². The molecule has 22 heavy (non-hydrogen) atoms. The third-order valence-electron chi connectivity index (χ3n) is 2.89. The van der Waals surface area contributed by atoms with Gasteiger partial charge in [0.1, 0.15) is 11.6 Å². The molecule has 0 heterocycles. The molecule has 0 radical (unpaired) electrons. The molecule has 0 atom stereocenters. The summed E-state index contributed by atoms with van der Waals surface area (Å²) < 4.78 is 44.9. The van der Waals surface area contributed by atoms with Gasteiger partial charge in [-0.2, -0.15) is 0 Å². The second-order valence-electron chi connectivity index (χ2n) is 4.48. The first-order valence-electron chi connectivity index (χ1n) is 6.59. The van der Waals surface area contributed by atoms with Crippen molar-refractivity contribution in [1.29, 1.82) is 0 Å². The lowest BCUT2D eigenvalue weighted by atomic mass is 10.2. The Labute approximate surface area is 133 Å². The maximum atomic E-state index is 12.8. The van der Waals surface area contributed by atoms with Gasteiger partial charge in [-0.05, 0) is 42.8 Å². The minimum absolute atomic E-state index is 0.0445. The van der Waals surface area contributed by atoms with E-state index in [2.05, 4.69) is 4.72 Å². The second kappa shape index (κ2) is 7.09. The van der Waals surface area contributed by atoms with Crippen LogP contribution in [0, 0.1) is 5.82 Å². The van der Waals surface area contributed by atoms with E-state index in [1.54, 1.807) is 0 Å². The number of rotatable bonds is 6. The Kier molecular flexibility index (Phi) is 5.39. The molecule has 2 rings (SSSR count). The average molecular weight is 344 g/mol. The lowest BCUT2D eigenvalue weighted by Gasteiger charge is -2.10. The van der Waals surface area contributed by atoms with Gasteiger partial charge in [-0.15, -0.1) is 0 Å². The average Bonchev–Trinajstić information content (AvgIpc) is 2.49. The molecule has 0 aliphatic rings. The Morgan fingerprint density at radius 1 is 1.18 bits per heavy atom. The van der Waals surface area contributed by atoms with Crippen LogP contribution >= 0.6 is 11.6 Å². The van der Waals surface area contributed by atoms with Crippen molar-refractivity contribution >= 4 is 21.6 Å². The quantitative estimate of drug-likeness (QED) is 0.875. The van der Waals surface area contributed by atoms with Crippen molar-refractivity contribution in [2.24, 2.45) is 0 Å². The number of halogens is 2. The number of ether oxygens (including phenoxy) is 1. The molecule has 4 nitrogen and oxygen atoms in total. The number of hydrogen-bond donors (Lipinski definition) is 1. The van der Waals surface area contributed by atoms with Crippen LogP contribution in [-0.4, -0.2) is 15.0 Å². The Balaban J connectivity index is 2.13. The predicted molar refractivity (Wildman–Crippen MR) is 83.0 cm³/mol. The summed E-state index contributed by atoms with van der Waals surface area (Å²) in [6, 6.07) is 9.85. The summed E-state index contributed by atoms with van der Waals surface area (Å²) in [6.45, 7) is 2.31. The van der Waals surface area contributed by atoms with Crippen molar-refractivity contribution in [2.45, 2.75) is 18.4 Å². The smallest absolute Gasteiger partial charge is 0.240 e. The fraction of sp³-hybridized carbons (Fsp3) is 0.200. The summed E-state index contributed by atoms with van der Waals surface area (Å²) in [5, 5.41) is 0.228. The molecule has 0 aromatic heterocycles. The van der Waals surface area contributed by atoms with E-state index >= 15 is 0 Å². The predicted octanol–water partition coefficient (Wildman–Crippen LogP) is 3.36. The molecule has 7 heteroatoms. The van der Waals surface area contributed by atoms with Gasteiger partial charge in [0, 0.05) is 6.54 Å². The van der Waals surface area contributed by atoms with E-state index in [1.807, 2.05) is 6.92 Å². The number of nitrogens with one attached hydrogen (secondary N) is 1. The number of sulfonamides is 1. The summed E-state index contributed by atoms with van der Waals surface area (Å²) in [5.74, 6) is 0.0616. The van der Waals surface area contributed by atoms with Crippen LogP contribution < -0.4 is 9.46 Å². The van der Waals surface area contributed by atoms with E-state index in [-0.39, 0.29) is 22.3 Å². The van der Waals surface area contributed by atoms with Gasteiger partial charge in [0.2, 0.25) is 10.0 Å². The normalized spacial score (nSPS) is 11.4. The van der Waals surface area contributed by atoms with E-state index in [1.165, 1.54) is 42.5 Å². The third-order valence-corrected chi connectivity index (χ3v) is 4.59. The first kappa shape index (κ1) is 16.7. The summed E-state index contributed by atoms with van der Waals surface area (Å²) in [6.07, 6.45) is 0. The van der Waals surface area contributed by atoms with Gasteiger partial charge in [0.05, 0.1) is 16.5 Å². The molecule has 0 saturated heterocycles. The van der Waals surface area contributed by atoms with Gasteiger partial charge in [-0.1, -0.05) is 23.7 Å². The zero-order valence-corrected chi connectivity index (χ0v) is 13.4. The van der Waals surface area contributed by atoms with Crippen molar-refractivity contribution in [1.82, 2.24) is 4.72 Å². The van der Waals surface area contributed by atoms with Gasteiger partial charge in [-0.3, -0.25) is 0 Å². The molecule has 0 unspecified atom stereocenters. The number of hydrogen-bond acceptors (Lipinski definition) is 3. The van der Waals surface area contributed by atoms with Crippen LogP contribution in [0.1, 0.15) is 12.5 Å². The molecule has 0 fully saturated rings. The van der Waals surface area contributed by atoms with Gasteiger partial charge in [0.15, 0.2) is 0 Å². The fourth-order valence-electron chi connectivity index (χ4n) is 1.79. The molecule has 2 aromatic carbocycles. The Morgan fingerprint density at radius 2 is 1.86 bits per heavy atom.